The van der Waals surface area contributed by atoms with E-state index in [0.717, 1.165) is 12.2 Å². The molecule has 1 rings (SSSR count). The lowest BCUT2D eigenvalue weighted by atomic mass is 9.95. The molecule has 0 bridgehead atoms. The van der Waals surface area contributed by atoms with Gasteiger partial charge in [0.1, 0.15) is 0 Å². The lowest BCUT2D eigenvalue weighted by molar-refractivity contribution is -0.0128. The maximum atomic E-state index is 5.50. The summed E-state index contributed by atoms with van der Waals surface area (Å²) in [5.41, 5.74) is 0.745. The highest BCUT2D eigenvalue weighted by atomic mass is 16.5. The molecule has 0 radical (unpaired) electrons. The lowest BCUT2D eigenvalue weighted by Crippen LogP contribution is -2.41. The second-order valence-corrected chi connectivity index (χ2v) is 4.08. The Balaban J connectivity index is 2.98. The summed E-state index contributed by atoms with van der Waals surface area (Å²) in [4.78, 5) is 0. The Kier molecular flexibility index (Phi) is 3.82. The number of aryl methyl sites for hydroxylation is 1. The van der Waals surface area contributed by atoms with Crippen molar-refractivity contribution in [2.24, 2.45) is 7.05 Å². The SMILES string of the molecule is CCNC(c1cnnn1C)C(C)(C)OC. The summed E-state index contributed by atoms with van der Waals surface area (Å²) in [5, 5.41) is 11.2. The van der Waals surface area contributed by atoms with Crippen LogP contribution in [-0.2, 0) is 11.8 Å². The van der Waals surface area contributed by atoms with Gasteiger partial charge in [0.05, 0.1) is 23.5 Å². The fourth-order valence-electron chi connectivity index (χ4n) is 1.59. The number of likely N-dealkylation sites (N-methyl/N-ethyl adjacent to an activating group) is 1. The molecular formula is C10H20N4O. The van der Waals surface area contributed by atoms with Gasteiger partial charge in [-0.25, -0.2) is 0 Å². The summed E-state index contributed by atoms with van der Waals surface area (Å²) in [5.74, 6) is 0. The van der Waals surface area contributed by atoms with Crippen LogP contribution in [0.1, 0.15) is 32.5 Å². The van der Waals surface area contributed by atoms with Crippen LogP contribution >= 0.6 is 0 Å². The molecule has 1 heterocycles. The average Bonchev–Trinajstić information content (AvgIpc) is 2.60. The van der Waals surface area contributed by atoms with E-state index in [2.05, 4.69) is 22.6 Å². The highest BCUT2D eigenvalue weighted by molar-refractivity contribution is 5.08. The molecule has 1 atom stereocenters. The molecule has 0 fully saturated rings. The van der Waals surface area contributed by atoms with E-state index in [9.17, 15) is 0 Å². The summed E-state index contributed by atoms with van der Waals surface area (Å²) < 4.78 is 7.27. The van der Waals surface area contributed by atoms with Gasteiger partial charge in [-0.05, 0) is 20.4 Å². The van der Waals surface area contributed by atoms with Crippen molar-refractivity contribution in [3.05, 3.63) is 11.9 Å². The number of methoxy groups -OCH3 is 1. The monoisotopic (exact) mass is 212 g/mol. The molecule has 1 aromatic rings. The van der Waals surface area contributed by atoms with E-state index in [1.807, 2.05) is 20.9 Å². The molecule has 0 saturated heterocycles. The van der Waals surface area contributed by atoms with Crippen LogP contribution in [0.4, 0.5) is 0 Å². The molecular weight excluding hydrogens is 192 g/mol. The van der Waals surface area contributed by atoms with E-state index in [1.165, 1.54) is 0 Å². The Morgan fingerprint density at radius 3 is 2.67 bits per heavy atom. The first-order chi connectivity index (χ1) is 7.03. The molecule has 0 aliphatic rings. The van der Waals surface area contributed by atoms with Crippen molar-refractivity contribution in [3.8, 4) is 0 Å². The Labute approximate surface area is 90.8 Å². The molecule has 0 amide bonds. The first kappa shape index (κ1) is 12.1. The van der Waals surface area contributed by atoms with Gasteiger partial charge in [-0.2, -0.15) is 0 Å². The van der Waals surface area contributed by atoms with Crippen molar-refractivity contribution >= 4 is 0 Å². The molecule has 5 nitrogen and oxygen atoms in total. The van der Waals surface area contributed by atoms with Gasteiger partial charge in [-0.1, -0.05) is 12.1 Å². The number of rotatable bonds is 5. The van der Waals surface area contributed by atoms with Crippen LogP contribution in [0.25, 0.3) is 0 Å². The average molecular weight is 212 g/mol. The Hall–Kier alpha value is -0.940. The van der Waals surface area contributed by atoms with Crippen LogP contribution in [0.5, 0.6) is 0 Å². The predicted octanol–water partition coefficient (Wildman–Crippen LogP) is 0.891. The van der Waals surface area contributed by atoms with E-state index >= 15 is 0 Å². The molecule has 0 aromatic carbocycles. The largest absolute Gasteiger partial charge is 0.377 e. The van der Waals surface area contributed by atoms with Crippen LogP contribution in [-0.4, -0.2) is 34.2 Å². The quantitative estimate of drug-likeness (QED) is 0.787. The second kappa shape index (κ2) is 4.72. The fourth-order valence-corrected chi connectivity index (χ4v) is 1.59. The predicted molar refractivity (Wildman–Crippen MR) is 58.5 cm³/mol. The third-order valence-electron chi connectivity index (χ3n) is 2.67. The zero-order valence-electron chi connectivity index (χ0n) is 10.1. The number of hydrogen-bond acceptors (Lipinski definition) is 4. The minimum absolute atomic E-state index is 0.0903. The highest BCUT2D eigenvalue weighted by Crippen LogP contribution is 2.27. The highest BCUT2D eigenvalue weighted by Gasteiger charge is 2.32. The first-order valence-corrected chi connectivity index (χ1v) is 5.16. The van der Waals surface area contributed by atoms with Gasteiger partial charge in [0.15, 0.2) is 0 Å². The van der Waals surface area contributed by atoms with Crippen LogP contribution in [0, 0.1) is 0 Å². The van der Waals surface area contributed by atoms with E-state index < -0.39 is 0 Å². The molecule has 15 heavy (non-hydrogen) atoms. The van der Waals surface area contributed by atoms with Crippen molar-refractivity contribution in [1.82, 2.24) is 20.3 Å². The molecule has 0 saturated carbocycles. The zero-order valence-corrected chi connectivity index (χ0v) is 10.1. The number of nitrogens with one attached hydrogen (secondary N) is 1. The number of ether oxygens (including phenoxy) is 1. The number of aromatic nitrogens is 3. The molecule has 5 heteroatoms. The van der Waals surface area contributed by atoms with Crippen molar-refractivity contribution in [1.29, 1.82) is 0 Å². The van der Waals surface area contributed by atoms with Crippen molar-refractivity contribution in [3.63, 3.8) is 0 Å². The summed E-state index contributed by atoms with van der Waals surface area (Å²) in [6.07, 6.45) is 1.77. The van der Waals surface area contributed by atoms with Gasteiger partial charge < -0.3 is 10.1 Å². The molecule has 0 spiro atoms. The minimum atomic E-state index is -0.286. The van der Waals surface area contributed by atoms with E-state index in [1.54, 1.807) is 18.0 Å². The summed E-state index contributed by atoms with van der Waals surface area (Å²) in [7, 11) is 3.60. The van der Waals surface area contributed by atoms with Gasteiger partial charge in [-0.15, -0.1) is 5.10 Å². The topological polar surface area (TPSA) is 52.0 Å². The van der Waals surface area contributed by atoms with Crippen molar-refractivity contribution in [2.75, 3.05) is 13.7 Å². The van der Waals surface area contributed by atoms with Gasteiger partial charge in [0, 0.05) is 14.2 Å². The zero-order chi connectivity index (χ0) is 11.5. The Bertz CT molecular complexity index is 308. The van der Waals surface area contributed by atoms with Gasteiger partial charge in [-0.3, -0.25) is 4.68 Å². The second-order valence-electron chi connectivity index (χ2n) is 4.08. The van der Waals surface area contributed by atoms with E-state index in [-0.39, 0.29) is 11.6 Å². The smallest absolute Gasteiger partial charge is 0.0832 e. The first-order valence-electron chi connectivity index (χ1n) is 5.16. The van der Waals surface area contributed by atoms with Crippen LogP contribution in [0.3, 0.4) is 0 Å². The van der Waals surface area contributed by atoms with E-state index in [0.29, 0.717) is 0 Å². The summed E-state index contributed by atoms with van der Waals surface area (Å²) >= 11 is 0. The van der Waals surface area contributed by atoms with Gasteiger partial charge in [0.2, 0.25) is 0 Å². The molecule has 0 aliphatic heterocycles. The van der Waals surface area contributed by atoms with Gasteiger partial charge in [0.25, 0.3) is 0 Å². The maximum absolute atomic E-state index is 5.50. The fraction of sp³-hybridized carbons (Fsp3) is 0.800. The summed E-state index contributed by atoms with van der Waals surface area (Å²) in [6, 6.07) is 0.0903. The normalized spacial score (nSPS) is 14.2. The lowest BCUT2D eigenvalue weighted by Gasteiger charge is -2.33. The van der Waals surface area contributed by atoms with Crippen LogP contribution < -0.4 is 5.32 Å². The molecule has 1 N–H and O–H groups in total. The van der Waals surface area contributed by atoms with Crippen molar-refractivity contribution in [2.45, 2.75) is 32.4 Å². The minimum Gasteiger partial charge on any atom is -0.377 e. The molecule has 1 unspecified atom stereocenters. The number of nitrogens with zero attached hydrogens (tertiary/aromatic N) is 3. The van der Waals surface area contributed by atoms with Crippen LogP contribution in [0.15, 0.2) is 6.20 Å². The van der Waals surface area contributed by atoms with Crippen molar-refractivity contribution < 1.29 is 4.74 Å². The van der Waals surface area contributed by atoms with Gasteiger partial charge >= 0.3 is 0 Å². The van der Waals surface area contributed by atoms with E-state index in [4.69, 9.17) is 4.74 Å². The third-order valence-corrected chi connectivity index (χ3v) is 2.67. The molecule has 86 valence electrons. The standard InChI is InChI=1S/C10H20N4O/c1-6-11-9(10(2,3)15-5)8-7-12-13-14(8)4/h7,9,11H,6H2,1-5H3. The Morgan fingerprint density at radius 1 is 1.60 bits per heavy atom. The Morgan fingerprint density at radius 2 is 2.27 bits per heavy atom. The maximum Gasteiger partial charge on any atom is 0.0832 e. The number of hydrogen-bond donors (Lipinski definition) is 1. The molecule has 1 aromatic heterocycles. The molecule has 0 aliphatic carbocycles. The van der Waals surface area contributed by atoms with Crippen LogP contribution in [0.2, 0.25) is 0 Å². The third kappa shape index (κ3) is 2.54. The summed E-state index contributed by atoms with van der Waals surface area (Å²) in [6.45, 7) is 7.05.